The Morgan fingerprint density at radius 3 is 2.65 bits per heavy atom. The molecule has 0 unspecified atom stereocenters. The molecular formula is C16H19F3N2OS. The van der Waals surface area contributed by atoms with Gasteiger partial charge < -0.3 is 4.90 Å². The van der Waals surface area contributed by atoms with Crippen molar-refractivity contribution >= 4 is 27.5 Å². The lowest BCUT2D eigenvalue weighted by atomic mass is 10.2. The fraction of sp³-hybridized carbons (Fsp3) is 0.500. The summed E-state index contributed by atoms with van der Waals surface area (Å²) in [4.78, 5) is 17.2. The number of benzene rings is 1. The molecule has 23 heavy (non-hydrogen) atoms. The first-order valence-corrected chi connectivity index (χ1v) is 8.39. The molecule has 1 heterocycles. The molecule has 0 aliphatic carbocycles. The molecule has 1 aromatic carbocycles. The van der Waals surface area contributed by atoms with Crippen LogP contribution in [0.15, 0.2) is 24.3 Å². The number of aryl methyl sites for hydroxylation is 1. The number of amides is 1. The number of halogens is 3. The molecule has 0 aliphatic rings. The summed E-state index contributed by atoms with van der Waals surface area (Å²) in [6.07, 6.45) is -2.13. The Balaban J connectivity index is 1.76. The number of carbonyl (C=O) groups excluding carboxylic acids is 1. The average molecular weight is 344 g/mol. The number of unbranched alkanes of at least 4 members (excludes halogenated alkanes) is 1. The van der Waals surface area contributed by atoms with E-state index in [-0.39, 0.29) is 13.0 Å². The molecule has 2 rings (SSSR count). The van der Waals surface area contributed by atoms with Crippen molar-refractivity contribution < 1.29 is 18.0 Å². The van der Waals surface area contributed by atoms with E-state index in [1.165, 1.54) is 0 Å². The third-order valence-corrected chi connectivity index (χ3v) is 4.57. The van der Waals surface area contributed by atoms with Crippen molar-refractivity contribution in [1.82, 2.24) is 9.88 Å². The molecule has 1 amide bonds. The van der Waals surface area contributed by atoms with Gasteiger partial charge in [0.2, 0.25) is 5.91 Å². The highest BCUT2D eigenvalue weighted by atomic mass is 32.1. The minimum Gasteiger partial charge on any atom is -0.334 e. The van der Waals surface area contributed by atoms with Crippen LogP contribution in [0.1, 0.15) is 31.2 Å². The van der Waals surface area contributed by atoms with Crippen LogP contribution < -0.4 is 0 Å². The van der Waals surface area contributed by atoms with Crippen molar-refractivity contribution in [2.24, 2.45) is 0 Å². The molecule has 2 aromatic rings. The van der Waals surface area contributed by atoms with Gasteiger partial charge >= 0.3 is 6.18 Å². The summed E-state index contributed by atoms with van der Waals surface area (Å²) in [5.74, 6) is -0.436. The van der Waals surface area contributed by atoms with Crippen molar-refractivity contribution in [1.29, 1.82) is 0 Å². The van der Waals surface area contributed by atoms with Crippen LogP contribution in [0.5, 0.6) is 0 Å². The van der Waals surface area contributed by atoms with Gasteiger partial charge in [0, 0.05) is 13.0 Å². The third-order valence-electron chi connectivity index (χ3n) is 3.47. The number of hydrogen-bond acceptors (Lipinski definition) is 3. The molecule has 0 N–H and O–H groups in total. The minimum atomic E-state index is -4.34. The van der Waals surface area contributed by atoms with Crippen molar-refractivity contribution in [2.45, 2.75) is 38.8 Å². The van der Waals surface area contributed by atoms with E-state index >= 15 is 0 Å². The van der Waals surface area contributed by atoms with Crippen LogP contribution in [0.25, 0.3) is 10.2 Å². The van der Waals surface area contributed by atoms with Gasteiger partial charge in [0.05, 0.1) is 15.2 Å². The number of para-hydroxylation sites is 1. The second-order valence-electron chi connectivity index (χ2n) is 5.31. The molecule has 126 valence electrons. The number of alkyl halides is 3. The molecule has 0 aliphatic heterocycles. The van der Waals surface area contributed by atoms with E-state index in [1.54, 1.807) is 18.3 Å². The van der Waals surface area contributed by atoms with Crippen LogP contribution in [0.2, 0.25) is 0 Å². The fourth-order valence-electron chi connectivity index (χ4n) is 2.33. The Hall–Kier alpha value is -1.63. The number of aromatic nitrogens is 1. The highest BCUT2D eigenvalue weighted by Crippen LogP contribution is 2.23. The van der Waals surface area contributed by atoms with Gasteiger partial charge in [-0.15, -0.1) is 11.3 Å². The van der Waals surface area contributed by atoms with Gasteiger partial charge in [0.25, 0.3) is 0 Å². The highest BCUT2D eigenvalue weighted by Gasteiger charge is 2.31. The number of rotatable bonds is 7. The maximum absolute atomic E-state index is 12.4. The number of thiazole rings is 1. The summed E-state index contributed by atoms with van der Waals surface area (Å²) >= 11 is 1.62. The lowest BCUT2D eigenvalue weighted by molar-refractivity contribution is -0.160. The van der Waals surface area contributed by atoms with Crippen molar-refractivity contribution in [2.75, 3.05) is 13.1 Å². The Bertz CT molecular complexity index is 621. The maximum atomic E-state index is 12.4. The van der Waals surface area contributed by atoms with Gasteiger partial charge in [-0.2, -0.15) is 13.2 Å². The molecule has 1 aromatic heterocycles. The Labute approximate surface area is 137 Å². The summed E-state index contributed by atoms with van der Waals surface area (Å²) in [5.41, 5.74) is 0.964. The Kier molecular flexibility index (Phi) is 5.98. The summed E-state index contributed by atoms with van der Waals surface area (Å²) in [7, 11) is 0. The van der Waals surface area contributed by atoms with Crippen molar-refractivity contribution in [3.05, 3.63) is 29.3 Å². The van der Waals surface area contributed by atoms with Gasteiger partial charge in [-0.1, -0.05) is 12.1 Å². The lowest BCUT2D eigenvalue weighted by Crippen LogP contribution is -2.38. The van der Waals surface area contributed by atoms with Crippen LogP contribution in [0.3, 0.4) is 0 Å². The van der Waals surface area contributed by atoms with Gasteiger partial charge in [-0.05, 0) is 38.3 Å². The topological polar surface area (TPSA) is 33.2 Å². The molecule has 0 radical (unpaired) electrons. The highest BCUT2D eigenvalue weighted by molar-refractivity contribution is 7.18. The normalized spacial score (nSPS) is 11.8. The number of nitrogens with zero attached hydrogens (tertiary/aromatic N) is 2. The summed E-state index contributed by atoms with van der Waals surface area (Å²) in [5, 5.41) is 1.00. The standard InChI is InChI=1S/C16H19F3N2OS/c1-2-21(11-16(17,18)19)15(22)10-6-5-9-14-20-12-7-3-4-8-13(12)23-14/h3-4,7-8H,2,5-6,9-11H2,1H3. The molecule has 0 atom stereocenters. The van der Waals surface area contributed by atoms with Crippen LogP contribution in [-0.2, 0) is 11.2 Å². The number of hydrogen-bond donors (Lipinski definition) is 0. The number of carbonyl (C=O) groups is 1. The average Bonchev–Trinajstić information content (AvgIpc) is 2.90. The maximum Gasteiger partial charge on any atom is 0.406 e. The first kappa shape index (κ1) is 17.7. The first-order chi connectivity index (χ1) is 10.9. The SMILES string of the molecule is CCN(CC(F)(F)F)C(=O)CCCCc1nc2ccccc2s1. The van der Waals surface area contributed by atoms with E-state index in [9.17, 15) is 18.0 Å². The zero-order valence-corrected chi connectivity index (χ0v) is 13.7. The molecular weight excluding hydrogens is 325 g/mol. The van der Waals surface area contributed by atoms with Crippen LogP contribution >= 0.6 is 11.3 Å². The van der Waals surface area contributed by atoms with Crippen molar-refractivity contribution in [3.8, 4) is 0 Å². The second-order valence-corrected chi connectivity index (χ2v) is 6.42. The van der Waals surface area contributed by atoms with E-state index in [0.717, 1.165) is 33.0 Å². The second kappa shape index (κ2) is 7.77. The Morgan fingerprint density at radius 1 is 1.26 bits per heavy atom. The van der Waals surface area contributed by atoms with E-state index in [1.807, 2.05) is 24.3 Å². The predicted octanol–water partition coefficient (Wildman–Crippen LogP) is 4.42. The molecule has 0 fully saturated rings. The largest absolute Gasteiger partial charge is 0.406 e. The molecule has 0 saturated carbocycles. The monoisotopic (exact) mass is 344 g/mol. The van der Waals surface area contributed by atoms with E-state index in [4.69, 9.17) is 0 Å². The Morgan fingerprint density at radius 2 is 2.00 bits per heavy atom. The van der Waals surface area contributed by atoms with Crippen molar-refractivity contribution in [3.63, 3.8) is 0 Å². The minimum absolute atomic E-state index is 0.0796. The summed E-state index contributed by atoms with van der Waals surface area (Å²) in [6.45, 7) is 0.473. The molecule has 0 spiro atoms. The fourth-order valence-corrected chi connectivity index (χ4v) is 3.34. The molecule has 3 nitrogen and oxygen atoms in total. The van der Waals surface area contributed by atoms with E-state index in [2.05, 4.69) is 4.98 Å². The zero-order valence-electron chi connectivity index (χ0n) is 12.9. The van der Waals surface area contributed by atoms with Gasteiger partial charge in [-0.3, -0.25) is 4.79 Å². The predicted molar refractivity (Wildman–Crippen MR) is 85.5 cm³/mol. The number of fused-ring (bicyclic) bond motifs is 1. The van der Waals surface area contributed by atoms with E-state index in [0.29, 0.717) is 6.42 Å². The van der Waals surface area contributed by atoms with E-state index < -0.39 is 18.6 Å². The summed E-state index contributed by atoms with van der Waals surface area (Å²) < 4.78 is 38.2. The summed E-state index contributed by atoms with van der Waals surface area (Å²) in [6, 6.07) is 7.86. The quantitative estimate of drug-likeness (QED) is 0.697. The van der Waals surface area contributed by atoms with Gasteiger partial charge in [0.15, 0.2) is 0 Å². The molecule has 0 bridgehead atoms. The first-order valence-electron chi connectivity index (χ1n) is 7.58. The smallest absolute Gasteiger partial charge is 0.334 e. The van der Waals surface area contributed by atoms with Crippen LogP contribution in [-0.4, -0.2) is 35.1 Å². The van der Waals surface area contributed by atoms with Crippen LogP contribution in [0.4, 0.5) is 13.2 Å². The lowest BCUT2D eigenvalue weighted by Gasteiger charge is -2.22. The van der Waals surface area contributed by atoms with Gasteiger partial charge in [0.1, 0.15) is 6.54 Å². The van der Waals surface area contributed by atoms with Gasteiger partial charge in [-0.25, -0.2) is 4.98 Å². The zero-order chi connectivity index (χ0) is 16.9. The third kappa shape index (κ3) is 5.49. The molecule has 7 heteroatoms. The molecule has 0 saturated heterocycles. The van der Waals surface area contributed by atoms with Crippen LogP contribution in [0, 0.1) is 0 Å².